The summed E-state index contributed by atoms with van der Waals surface area (Å²) >= 11 is 0. The number of carbonyl (C=O) groups is 2. The minimum atomic E-state index is -0.576. The normalized spacial score (nSPS) is 19.2. The number of benzene rings is 1. The molecular weight excluding hydrogens is 444 g/mol. The first-order chi connectivity index (χ1) is 16.9. The molecule has 0 radical (unpaired) electrons. The number of ether oxygens (including phenoxy) is 2. The lowest BCUT2D eigenvalue weighted by Gasteiger charge is -2.36. The van der Waals surface area contributed by atoms with Crippen LogP contribution in [0, 0.1) is 5.92 Å². The van der Waals surface area contributed by atoms with Gasteiger partial charge in [0.25, 0.3) is 5.91 Å². The lowest BCUT2D eigenvalue weighted by Crippen LogP contribution is -2.54. The van der Waals surface area contributed by atoms with Crippen molar-refractivity contribution in [2.45, 2.75) is 103 Å². The number of hydroxylamine groups is 1. The highest BCUT2D eigenvalue weighted by atomic mass is 16.8. The Morgan fingerprint density at radius 2 is 1.71 bits per heavy atom. The molecule has 2 aliphatic carbocycles. The molecule has 2 N–H and O–H groups in total. The zero-order chi connectivity index (χ0) is 25.1. The summed E-state index contributed by atoms with van der Waals surface area (Å²) in [5.41, 5.74) is 3.80. The van der Waals surface area contributed by atoms with Crippen LogP contribution in [-0.2, 0) is 30.4 Å². The molecule has 1 atom stereocenters. The van der Waals surface area contributed by atoms with E-state index in [-0.39, 0.29) is 18.0 Å². The lowest BCUT2D eigenvalue weighted by atomic mass is 9.81. The van der Waals surface area contributed by atoms with Crippen molar-refractivity contribution in [3.05, 3.63) is 41.5 Å². The van der Waals surface area contributed by atoms with Crippen LogP contribution in [0.3, 0.4) is 0 Å². The van der Waals surface area contributed by atoms with Crippen molar-refractivity contribution >= 4 is 18.0 Å². The monoisotopic (exact) mass is 486 g/mol. The first kappa shape index (κ1) is 27.4. The van der Waals surface area contributed by atoms with Crippen LogP contribution in [0.1, 0.15) is 89.7 Å². The maximum Gasteiger partial charge on any atom is 0.326 e. The molecule has 0 heterocycles. The number of esters is 1. The van der Waals surface area contributed by atoms with Crippen molar-refractivity contribution in [3.63, 3.8) is 0 Å². The van der Waals surface area contributed by atoms with E-state index in [0.717, 1.165) is 62.5 Å². The molecule has 2 fully saturated rings. The Labute approximate surface area is 209 Å². The largest absolute Gasteiger partial charge is 0.461 e. The van der Waals surface area contributed by atoms with E-state index in [1.54, 1.807) is 13.0 Å². The quantitative estimate of drug-likeness (QED) is 0.186. The molecule has 1 aromatic rings. The molecule has 3 rings (SSSR count). The summed E-state index contributed by atoms with van der Waals surface area (Å²) in [5.74, 6) is -0.0228. The molecule has 1 amide bonds. The summed E-state index contributed by atoms with van der Waals surface area (Å²) in [4.78, 5) is 30.3. The maximum atomic E-state index is 13.1. The molecule has 7 heteroatoms. The minimum Gasteiger partial charge on any atom is -0.461 e. The zero-order valence-corrected chi connectivity index (χ0v) is 21.5. The number of amides is 1. The van der Waals surface area contributed by atoms with E-state index in [0.29, 0.717) is 19.1 Å². The molecule has 2 aliphatic rings. The van der Waals surface area contributed by atoms with Gasteiger partial charge in [0.15, 0.2) is 6.29 Å². The molecule has 1 aromatic carbocycles. The summed E-state index contributed by atoms with van der Waals surface area (Å²) < 4.78 is 11.4. The van der Waals surface area contributed by atoms with Gasteiger partial charge >= 0.3 is 5.97 Å². The average molecular weight is 487 g/mol. The number of rotatable bonds is 12. The van der Waals surface area contributed by atoms with Gasteiger partial charge in [-0.15, -0.1) is 0 Å². The van der Waals surface area contributed by atoms with Gasteiger partial charge in [0.1, 0.15) is 11.6 Å². The summed E-state index contributed by atoms with van der Waals surface area (Å²) in [6.07, 6.45) is 12.0. The van der Waals surface area contributed by atoms with Crippen molar-refractivity contribution in [1.29, 1.82) is 0 Å². The standard InChI is InChI=1S/C28H42N2O5/c1-21(2)20-33-22(3)35-30-26(31)16-15-23-11-13-24(14-12-23)19-29-28(17-7-4-8-18-28)27(32)34-25-9-5-6-10-25/h11-16,21-22,25,29H,4-10,17-20H2,1-3H3,(H,30,31)/b16-15+. The maximum absolute atomic E-state index is 13.1. The fourth-order valence-corrected chi connectivity index (χ4v) is 4.61. The molecule has 35 heavy (non-hydrogen) atoms. The number of hydrogen-bond donors (Lipinski definition) is 2. The molecule has 1 unspecified atom stereocenters. The minimum absolute atomic E-state index is 0.0687. The van der Waals surface area contributed by atoms with Crippen LogP contribution in [0.15, 0.2) is 30.3 Å². The van der Waals surface area contributed by atoms with E-state index >= 15 is 0 Å². The zero-order valence-electron chi connectivity index (χ0n) is 21.5. The van der Waals surface area contributed by atoms with Crippen LogP contribution >= 0.6 is 0 Å². The summed E-state index contributed by atoms with van der Waals surface area (Å²) in [5, 5.41) is 3.55. The Morgan fingerprint density at radius 3 is 2.37 bits per heavy atom. The highest BCUT2D eigenvalue weighted by Gasteiger charge is 2.41. The Balaban J connectivity index is 1.47. The van der Waals surface area contributed by atoms with Crippen molar-refractivity contribution in [3.8, 4) is 0 Å². The van der Waals surface area contributed by atoms with E-state index in [2.05, 4.69) is 24.6 Å². The second-order valence-electron chi connectivity index (χ2n) is 10.3. The third-order valence-corrected chi connectivity index (χ3v) is 6.70. The highest BCUT2D eigenvalue weighted by Crippen LogP contribution is 2.32. The third-order valence-electron chi connectivity index (χ3n) is 6.70. The topological polar surface area (TPSA) is 85.9 Å². The van der Waals surface area contributed by atoms with Gasteiger partial charge in [-0.1, -0.05) is 57.4 Å². The van der Waals surface area contributed by atoms with Crippen LogP contribution in [0.25, 0.3) is 6.08 Å². The van der Waals surface area contributed by atoms with Crippen LogP contribution in [0.4, 0.5) is 0 Å². The SMILES string of the molecule is CC(C)COC(C)ONC(=O)/C=C/c1ccc(CNC2(C(=O)OC3CCCC3)CCCCC2)cc1. The molecule has 0 aromatic heterocycles. The van der Waals surface area contributed by atoms with Crippen molar-refractivity contribution in [1.82, 2.24) is 10.8 Å². The van der Waals surface area contributed by atoms with E-state index in [1.807, 2.05) is 24.3 Å². The molecule has 0 spiro atoms. The van der Waals surface area contributed by atoms with E-state index in [9.17, 15) is 9.59 Å². The number of nitrogens with one attached hydrogen (secondary N) is 2. The van der Waals surface area contributed by atoms with Gasteiger partial charge in [-0.25, -0.2) is 10.3 Å². The molecular formula is C28H42N2O5. The Morgan fingerprint density at radius 1 is 1.03 bits per heavy atom. The van der Waals surface area contributed by atoms with E-state index in [4.69, 9.17) is 14.3 Å². The summed E-state index contributed by atoms with van der Waals surface area (Å²) in [7, 11) is 0. The van der Waals surface area contributed by atoms with Gasteiger partial charge in [-0.05, 0) is 68.6 Å². The van der Waals surface area contributed by atoms with Gasteiger partial charge in [-0.3, -0.25) is 14.9 Å². The molecule has 0 saturated heterocycles. The van der Waals surface area contributed by atoms with Crippen molar-refractivity contribution in [2.24, 2.45) is 5.92 Å². The Hall–Kier alpha value is -2.22. The Kier molecular flexibility index (Phi) is 10.8. The van der Waals surface area contributed by atoms with Gasteiger partial charge in [0.2, 0.25) is 0 Å². The number of hydrogen-bond acceptors (Lipinski definition) is 6. The molecule has 2 saturated carbocycles. The van der Waals surface area contributed by atoms with Gasteiger partial charge in [0, 0.05) is 12.6 Å². The predicted octanol–water partition coefficient (Wildman–Crippen LogP) is 5.04. The molecule has 7 nitrogen and oxygen atoms in total. The van der Waals surface area contributed by atoms with Crippen LogP contribution in [-0.4, -0.2) is 36.4 Å². The number of carbonyl (C=O) groups excluding carboxylic acids is 2. The predicted molar refractivity (Wildman–Crippen MR) is 136 cm³/mol. The summed E-state index contributed by atoms with van der Waals surface area (Å²) in [6, 6.07) is 7.95. The molecule has 194 valence electrons. The van der Waals surface area contributed by atoms with Gasteiger partial charge < -0.3 is 9.47 Å². The fraction of sp³-hybridized carbons (Fsp3) is 0.643. The van der Waals surface area contributed by atoms with Gasteiger partial charge in [-0.2, -0.15) is 0 Å². The second kappa shape index (κ2) is 13.8. The smallest absolute Gasteiger partial charge is 0.326 e. The Bertz CT molecular complexity index is 824. The first-order valence-corrected chi connectivity index (χ1v) is 13.2. The van der Waals surface area contributed by atoms with E-state index < -0.39 is 11.8 Å². The molecule has 0 bridgehead atoms. The molecule has 0 aliphatic heterocycles. The van der Waals surface area contributed by atoms with Crippen LogP contribution in [0.2, 0.25) is 0 Å². The van der Waals surface area contributed by atoms with Crippen LogP contribution < -0.4 is 10.8 Å². The van der Waals surface area contributed by atoms with Crippen molar-refractivity contribution in [2.75, 3.05) is 6.61 Å². The van der Waals surface area contributed by atoms with Crippen molar-refractivity contribution < 1.29 is 23.9 Å². The summed E-state index contributed by atoms with van der Waals surface area (Å²) in [6.45, 7) is 7.01. The highest BCUT2D eigenvalue weighted by molar-refractivity contribution is 5.90. The first-order valence-electron chi connectivity index (χ1n) is 13.2. The van der Waals surface area contributed by atoms with Gasteiger partial charge in [0.05, 0.1) is 6.61 Å². The van der Waals surface area contributed by atoms with E-state index in [1.165, 1.54) is 12.5 Å². The fourth-order valence-electron chi connectivity index (χ4n) is 4.61. The third kappa shape index (κ3) is 9.06. The second-order valence-corrected chi connectivity index (χ2v) is 10.3. The van der Waals surface area contributed by atoms with Crippen LogP contribution in [0.5, 0.6) is 0 Å². The lowest BCUT2D eigenvalue weighted by molar-refractivity contribution is -0.180. The average Bonchev–Trinajstić information content (AvgIpc) is 3.38.